The van der Waals surface area contributed by atoms with Gasteiger partial charge in [0.2, 0.25) is 5.95 Å². The first-order valence-corrected chi connectivity index (χ1v) is 8.00. The minimum atomic E-state index is -3.71. The number of hydrogen-bond acceptors (Lipinski definition) is 6. The Hall–Kier alpha value is -2.22. The fourth-order valence-corrected chi connectivity index (χ4v) is 2.53. The Morgan fingerprint density at radius 1 is 1.14 bits per heavy atom. The molecule has 0 spiro atoms. The van der Waals surface area contributed by atoms with Gasteiger partial charge in [-0.2, -0.15) is 0 Å². The molecule has 0 fully saturated rings. The summed E-state index contributed by atoms with van der Waals surface area (Å²) in [5, 5.41) is 2.98. The third-order valence-corrected chi connectivity index (χ3v) is 3.93. The second-order valence-electron chi connectivity index (χ2n) is 4.53. The van der Waals surface area contributed by atoms with Gasteiger partial charge in [0.05, 0.1) is 24.3 Å². The second-order valence-corrected chi connectivity index (χ2v) is 6.21. The van der Waals surface area contributed by atoms with E-state index in [-0.39, 0.29) is 4.90 Å². The van der Waals surface area contributed by atoms with Gasteiger partial charge in [-0.3, -0.25) is 9.71 Å². The van der Waals surface area contributed by atoms with E-state index >= 15 is 0 Å². The Bertz CT molecular complexity index is 701. The lowest BCUT2D eigenvalue weighted by Crippen LogP contribution is -2.14. The van der Waals surface area contributed by atoms with Gasteiger partial charge in [0.15, 0.2) is 0 Å². The van der Waals surface area contributed by atoms with Gasteiger partial charge >= 0.3 is 0 Å². The molecule has 2 N–H and O–H groups in total. The molecule has 8 heteroatoms. The van der Waals surface area contributed by atoms with E-state index in [4.69, 9.17) is 0 Å². The first kappa shape index (κ1) is 15.2. The minimum Gasteiger partial charge on any atom is -0.354 e. The van der Waals surface area contributed by atoms with Crippen molar-refractivity contribution in [1.82, 2.24) is 15.0 Å². The number of sulfonamides is 1. The number of aryl methyl sites for hydroxylation is 1. The molecule has 2 aromatic rings. The Kier molecular flexibility index (Phi) is 4.69. The van der Waals surface area contributed by atoms with Gasteiger partial charge in [-0.25, -0.2) is 18.4 Å². The molecule has 112 valence electrons. The summed E-state index contributed by atoms with van der Waals surface area (Å²) in [4.78, 5) is 11.9. The van der Waals surface area contributed by atoms with Crippen LogP contribution >= 0.6 is 0 Å². The third-order valence-electron chi connectivity index (χ3n) is 2.60. The van der Waals surface area contributed by atoms with E-state index in [1.807, 2.05) is 13.8 Å². The van der Waals surface area contributed by atoms with Crippen LogP contribution in [0.15, 0.2) is 35.7 Å². The molecule has 2 heterocycles. The van der Waals surface area contributed by atoms with Crippen LogP contribution in [0.5, 0.6) is 0 Å². The van der Waals surface area contributed by atoms with Crippen molar-refractivity contribution in [3.05, 3.63) is 36.4 Å². The maximum Gasteiger partial charge on any atom is 0.265 e. The Morgan fingerprint density at radius 3 is 2.48 bits per heavy atom. The van der Waals surface area contributed by atoms with Crippen LogP contribution in [0.25, 0.3) is 0 Å². The van der Waals surface area contributed by atoms with Gasteiger partial charge in [-0.1, -0.05) is 6.92 Å². The largest absolute Gasteiger partial charge is 0.354 e. The number of nitrogens with one attached hydrogen (secondary N) is 2. The molecule has 0 aliphatic carbocycles. The average molecular weight is 307 g/mol. The van der Waals surface area contributed by atoms with Crippen molar-refractivity contribution in [2.24, 2.45) is 0 Å². The molecule has 0 unspecified atom stereocenters. The highest BCUT2D eigenvalue weighted by Gasteiger charge is 2.15. The number of nitrogens with zero attached hydrogens (tertiary/aromatic N) is 3. The topological polar surface area (TPSA) is 96.9 Å². The zero-order valence-corrected chi connectivity index (χ0v) is 12.7. The molecular formula is C13H17N5O2S. The average Bonchev–Trinajstić information content (AvgIpc) is 2.45. The molecule has 0 bridgehead atoms. The first-order chi connectivity index (χ1) is 10.0. The molecule has 0 saturated carbocycles. The van der Waals surface area contributed by atoms with Crippen molar-refractivity contribution in [2.75, 3.05) is 16.6 Å². The lowest BCUT2D eigenvalue weighted by molar-refractivity contribution is 0.600. The van der Waals surface area contributed by atoms with Gasteiger partial charge in [0.25, 0.3) is 10.0 Å². The first-order valence-electron chi connectivity index (χ1n) is 6.51. The zero-order chi connectivity index (χ0) is 15.3. The SMILES string of the molecule is CCCNc1ncc(S(=O)(=O)Nc2cncc(C)c2)cn1. The normalized spacial score (nSPS) is 11.1. The Labute approximate surface area is 123 Å². The van der Waals surface area contributed by atoms with E-state index in [1.165, 1.54) is 18.6 Å². The van der Waals surface area contributed by atoms with Crippen LogP contribution in [0.1, 0.15) is 18.9 Å². The maximum absolute atomic E-state index is 12.2. The zero-order valence-electron chi connectivity index (χ0n) is 11.9. The monoisotopic (exact) mass is 307 g/mol. The van der Waals surface area contributed by atoms with Gasteiger partial charge in [-0.15, -0.1) is 0 Å². The molecule has 0 radical (unpaired) electrons. The highest BCUT2D eigenvalue weighted by molar-refractivity contribution is 7.92. The standard InChI is InChI=1S/C13H17N5O2S/c1-3-4-15-13-16-8-12(9-17-13)21(19,20)18-11-5-10(2)6-14-7-11/h5-9,18H,3-4H2,1-2H3,(H,15,16,17). The lowest BCUT2D eigenvalue weighted by Gasteiger charge is -2.08. The van der Waals surface area contributed by atoms with Crippen molar-refractivity contribution in [1.29, 1.82) is 0 Å². The van der Waals surface area contributed by atoms with Gasteiger partial charge < -0.3 is 5.32 Å². The van der Waals surface area contributed by atoms with Crippen LogP contribution in [-0.4, -0.2) is 29.9 Å². The highest BCUT2D eigenvalue weighted by Crippen LogP contribution is 2.15. The molecule has 0 atom stereocenters. The third kappa shape index (κ3) is 4.12. The summed E-state index contributed by atoms with van der Waals surface area (Å²) < 4.78 is 26.8. The molecule has 0 amide bonds. The molecule has 2 aromatic heterocycles. The van der Waals surface area contributed by atoms with Crippen LogP contribution in [0.3, 0.4) is 0 Å². The highest BCUT2D eigenvalue weighted by atomic mass is 32.2. The van der Waals surface area contributed by atoms with E-state index in [1.54, 1.807) is 12.3 Å². The van der Waals surface area contributed by atoms with E-state index < -0.39 is 10.0 Å². The fourth-order valence-electron chi connectivity index (χ4n) is 1.61. The number of rotatable bonds is 6. The van der Waals surface area contributed by atoms with Crippen LogP contribution in [0, 0.1) is 6.92 Å². The second kappa shape index (κ2) is 6.49. The van der Waals surface area contributed by atoms with Crippen LogP contribution in [0.2, 0.25) is 0 Å². The van der Waals surface area contributed by atoms with E-state index in [2.05, 4.69) is 25.0 Å². The van der Waals surface area contributed by atoms with E-state index in [9.17, 15) is 8.42 Å². The quantitative estimate of drug-likeness (QED) is 0.844. The van der Waals surface area contributed by atoms with Crippen molar-refractivity contribution in [2.45, 2.75) is 25.2 Å². The summed E-state index contributed by atoms with van der Waals surface area (Å²) in [5.74, 6) is 0.410. The van der Waals surface area contributed by atoms with Crippen LogP contribution < -0.4 is 10.0 Å². The Morgan fingerprint density at radius 2 is 1.86 bits per heavy atom. The van der Waals surface area contributed by atoms with E-state index in [0.29, 0.717) is 11.6 Å². The Balaban J connectivity index is 2.15. The summed E-state index contributed by atoms with van der Waals surface area (Å²) in [5.41, 5.74) is 1.27. The number of aromatic nitrogens is 3. The predicted octanol–water partition coefficient (Wildman–Crippen LogP) is 1.80. The van der Waals surface area contributed by atoms with Crippen LogP contribution in [-0.2, 0) is 10.0 Å². The van der Waals surface area contributed by atoms with Crippen LogP contribution in [0.4, 0.5) is 11.6 Å². The van der Waals surface area contributed by atoms with Gasteiger partial charge in [-0.05, 0) is 25.0 Å². The number of hydrogen-bond donors (Lipinski definition) is 2. The molecule has 0 aromatic carbocycles. The van der Waals surface area contributed by atoms with Crippen molar-refractivity contribution in [3.63, 3.8) is 0 Å². The molecule has 0 aliphatic rings. The van der Waals surface area contributed by atoms with Crippen molar-refractivity contribution in [3.8, 4) is 0 Å². The lowest BCUT2D eigenvalue weighted by atomic mass is 10.3. The van der Waals surface area contributed by atoms with E-state index in [0.717, 1.165) is 18.5 Å². The van der Waals surface area contributed by atoms with Crippen molar-refractivity contribution < 1.29 is 8.42 Å². The van der Waals surface area contributed by atoms with Gasteiger partial charge in [0, 0.05) is 12.7 Å². The fraction of sp³-hybridized carbons (Fsp3) is 0.308. The smallest absolute Gasteiger partial charge is 0.265 e. The predicted molar refractivity (Wildman–Crippen MR) is 80.6 cm³/mol. The summed E-state index contributed by atoms with van der Waals surface area (Å²) in [6.45, 7) is 4.59. The molecular weight excluding hydrogens is 290 g/mol. The summed E-state index contributed by atoms with van der Waals surface area (Å²) in [6, 6.07) is 1.70. The molecule has 7 nitrogen and oxygen atoms in total. The van der Waals surface area contributed by atoms with Crippen molar-refractivity contribution >= 4 is 21.7 Å². The van der Waals surface area contributed by atoms with Gasteiger partial charge in [0.1, 0.15) is 4.90 Å². The minimum absolute atomic E-state index is 0.00561. The summed E-state index contributed by atoms with van der Waals surface area (Å²) in [6.07, 6.45) is 6.58. The summed E-state index contributed by atoms with van der Waals surface area (Å²) in [7, 11) is -3.71. The molecule has 2 rings (SSSR count). The maximum atomic E-state index is 12.2. The number of pyridine rings is 1. The molecule has 21 heavy (non-hydrogen) atoms. The number of anilines is 2. The summed E-state index contributed by atoms with van der Waals surface area (Å²) >= 11 is 0. The molecule has 0 saturated heterocycles. The molecule has 0 aliphatic heterocycles.